The first kappa shape index (κ1) is 14.7. The van der Waals surface area contributed by atoms with Crippen LogP contribution in [-0.2, 0) is 16.1 Å². The molecular weight excluding hydrogens is 300 g/mol. The highest BCUT2D eigenvalue weighted by Crippen LogP contribution is 2.10. The number of hydrogen-bond donors (Lipinski definition) is 3. The summed E-state index contributed by atoms with van der Waals surface area (Å²) in [5, 5.41) is 11.3. The molecule has 0 radical (unpaired) electrons. The Hall–Kier alpha value is -3.23. The molecule has 0 aliphatic carbocycles. The fraction of sp³-hybridized carbons (Fsp3) is 0.214. The molecule has 1 atom stereocenters. The topological polar surface area (TPSA) is 118 Å². The van der Waals surface area contributed by atoms with Crippen LogP contribution in [0.2, 0.25) is 0 Å². The Morgan fingerprint density at radius 1 is 1.30 bits per heavy atom. The maximum absolute atomic E-state index is 11.9. The molecule has 0 bridgehead atoms. The van der Waals surface area contributed by atoms with Crippen molar-refractivity contribution in [3.05, 3.63) is 42.4 Å². The molecule has 9 nitrogen and oxygen atoms in total. The van der Waals surface area contributed by atoms with Crippen LogP contribution in [0.1, 0.15) is 12.0 Å². The van der Waals surface area contributed by atoms with E-state index in [1.165, 1.54) is 0 Å². The van der Waals surface area contributed by atoms with Crippen molar-refractivity contribution in [1.82, 2.24) is 30.7 Å². The minimum atomic E-state index is -0.831. The SMILES string of the molecule is O=C(C[C@H]1NC(=O)NC1=O)NCc1cccnc1-n1cccn1. The molecule has 1 fully saturated rings. The zero-order valence-corrected chi connectivity index (χ0v) is 12.0. The third-order valence-electron chi connectivity index (χ3n) is 3.31. The van der Waals surface area contributed by atoms with Crippen LogP contribution in [-0.4, -0.2) is 38.7 Å². The van der Waals surface area contributed by atoms with Crippen LogP contribution in [0.3, 0.4) is 0 Å². The minimum Gasteiger partial charge on any atom is -0.352 e. The van der Waals surface area contributed by atoms with Crippen molar-refractivity contribution in [2.24, 2.45) is 0 Å². The Bertz CT molecular complexity index is 743. The fourth-order valence-corrected chi connectivity index (χ4v) is 2.22. The Morgan fingerprint density at radius 3 is 2.87 bits per heavy atom. The normalized spacial score (nSPS) is 16.8. The second-order valence-corrected chi connectivity index (χ2v) is 4.93. The fourth-order valence-electron chi connectivity index (χ4n) is 2.22. The van der Waals surface area contributed by atoms with Gasteiger partial charge in [0.05, 0.1) is 6.42 Å². The Labute approximate surface area is 131 Å². The number of nitrogens with one attached hydrogen (secondary N) is 3. The lowest BCUT2D eigenvalue weighted by molar-refractivity contribution is -0.126. The molecule has 118 valence electrons. The van der Waals surface area contributed by atoms with E-state index in [1.54, 1.807) is 35.4 Å². The summed E-state index contributed by atoms with van der Waals surface area (Å²) in [6.07, 6.45) is 4.92. The largest absolute Gasteiger partial charge is 0.352 e. The number of hydrogen-bond acceptors (Lipinski definition) is 5. The number of pyridine rings is 1. The van der Waals surface area contributed by atoms with Crippen LogP contribution in [0, 0.1) is 0 Å². The molecule has 0 unspecified atom stereocenters. The predicted octanol–water partition coefficient (Wildman–Crippen LogP) is -0.518. The van der Waals surface area contributed by atoms with Gasteiger partial charge >= 0.3 is 6.03 Å². The third-order valence-corrected chi connectivity index (χ3v) is 3.31. The van der Waals surface area contributed by atoms with Crippen molar-refractivity contribution in [3.8, 4) is 5.82 Å². The minimum absolute atomic E-state index is 0.116. The smallest absolute Gasteiger partial charge is 0.322 e. The number of rotatable bonds is 5. The second kappa shape index (κ2) is 6.26. The summed E-state index contributed by atoms with van der Waals surface area (Å²) in [5.41, 5.74) is 0.782. The van der Waals surface area contributed by atoms with Gasteiger partial charge in [-0.15, -0.1) is 0 Å². The summed E-state index contributed by atoms with van der Waals surface area (Å²) in [7, 11) is 0. The molecule has 3 N–H and O–H groups in total. The van der Waals surface area contributed by atoms with E-state index in [1.807, 2.05) is 6.07 Å². The maximum atomic E-state index is 11.9. The number of imide groups is 1. The van der Waals surface area contributed by atoms with Gasteiger partial charge in [-0.2, -0.15) is 5.10 Å². The molecule has 4 amide bonds. The molecular formula is C14H14N6O3. The molecule has 1 aliphatic heterocycles. The zero-order chi connectivity index (χ0) is 16.2. The number of amides is 4. The van der Waals surface area contributed by atoms with E-state index in [0.29, 0.717) is 5.82 Å². The lowest BCUT2D eigenvalue weighted by Crippen LogP contribution is -2.36. The molecule has 3 rings (SSSR count). The van der Waals surface area contributed by atoms with Gasteiger partial charge in [-0.3, -0.25) is 14.9 Å². The van der Waals surface area contributed by atoms with E-state index in [0.717, 1.165) is 5.56 Å². The first-order valence-electron chi connectivity index (χ1n) is 6.95. The number of carbonyl (C=O) groups is 3. The molecule has 0 aromatic carbocycles. The van der Waals surface area contributed by atoms with Crippen LogP contribution in [0.4, 0.5) is 4.79 Å². The standard InChI is InChI=1S/C14H14N6O3/c21-11(7-10-13(22)19-14(23)18-10)16-8-9-3-1-4-15-12(9)20-6-2-5-17-20/h1-6,10H,7-8H2,(H,16,21)(H2,18,19,22,23)/t10-/m1/s1. The van der Waals surface area contributed by atoms with Gasteiger partial charge in [0.15, 0.2) is 5.82 Å². The van der Waals surface area contributed by atoms with Gasteiger partial charge in [-0.05, 0) is 12.1 Å². The highest BCUT2D eigenvalue weighted by Gasteiger charge is 2.31. The van der Waals surface area contributed by atoms with Gasteiger partial charge in [0, 0.05) is 30.7 Å². The van der Waals surface area contributed by atoms with Crippen molar-refractivity contribution in [2.75, 3.05) is 0 Å². The molecule has 0 saturated carbocycles. The first-order chi connectivity index (χ1) is 11.1. The van der Waals surface area contributed by atoms with Gasteiger partial charge in [0.1, 0.15) is 6.04 Å². The first-order valence-corrected chi connectivity index (χ1v) is 6.95. The molecule has 2 aromatic rings. The van der Waals surface area contributed by atoms with Crippen molar-refractivity contribution in [1.29, 1.82) is 0 Å². The van der Waals surface area contributed by atoms with E-state index in [4.69, 9.17) is 0 Å². The predicted molar refractivity (Wildman–Crippen MR) is 78.3 cm³/mol. The summed E-state index contributed by atoms with van der Waals surface area (Å²) in [6, 6.07) is 3.95. The second-order valence-electron chi connectivity index (χ2n) is 4.93. The molecule has 1 aliphatic rings. The average molecular weight is 314 g/mol. The van der Waals surface area contributed by atoms with Crippen LogP contribution in [0.5, 0.6) is 0 Å². The van der Waals surface area contributed by atoms with Gasteiger partial charge in [-0.1, -0.05) is 6.07 Å². The molecule has 3 heterocycles. The summed E-state index contributed by atoms with van der Waals surface area (Å²) in [6.45, 7) is 0.240. The molecule has 23 heavy (non-hydrogen) atoms. The van der Waals surface area contributed by atoms with Crippen molar-refractivity contribution in [2.45, 2.75) is 19.0 Å². The monoisotopic (exact) mass is 314 g/mol. The Kier molecular flexibility index (Phi) is 4.00. The molecule has 1 saturated heterocycles. The lowest BCUT2D eigenvalue weighted by Gasteiger charge is -2.11. The van der Waals surface area contributed by atoms with E-state index in [9.17, 15) is 14.4 Å². The van der Waals surface area contributed by atoms with E-state index in [2.05, 4.69) is 26.0 Å². The van der Waals surface area contributed by atoms with E-state index < -0.39 is 18.0 Å². The Morgan fingerprint density at radius 2 is 2.17 bits per heavy atom. The maximum Gasteiger partial charge on any atom is 0.322 e. The van der Waals surface area contributed by atoms with E-state index >= 15 is 0 Å². The summed E-state index contributed by atoms with van der Waals surface area (Å²) in [4.78, 5) is 38.6. The number of nitrogens with zero attached hydrogens (tertiary/aromatic N) is 3. The molecule has 9 heteroatoms. The highest BCUT2D eigenvalue weighted by molar-refractivity contribution is 6.05. The Balaban J connectivity index is 1.62. The molecule has 2 aromatic heterocycles. The number of urea groups is 1. The average Bonchev–Trinajstić information content (AvgIpc) is 3.16. The van der Waals surface area contributed by atoms with Crippen LogP contribution in [0.25, 0.3) is 5.82 Å². The van der Waals surface area contributed by atoms with Gasteiger partial charge in [0.25, 0.3) is 5.91 Å². The van der Waals surface area contributed by atoms with Crippen LogP contribution >= 0.6 is 0 Å². The van der Waals surface area contributed by atoms with Crippen molar-refractivity contribution in [3.63, 3.8) is 0 Å². The van der Waals surface area contributed by atoms with Crippen LogP contribution < -0.4 is 16.0 Å². The quantitative estimate of drug-likeness (QED) is 0.642. The summed E-state index contributed by atoms with van der Waals surface area (Å²) in [5.74, 6) is -0.226. The third kappa shape index (κ3) is 3.34. The van der Waals surface area contributed by atoms with Crippen molar-refractivity contribution >= 4 is 17.8 Å². The van der Waals surface area contributed by atoms with Gasteiger partial charge in [-0.25, -0.2) is 14.5 Å². The lowest BCUT2D eigenvalue weighted by atomic mass is 10.2. The molecule has 0 spiro atoms. The van der Waals surface area contributed by atoms with Gasteiger partial charge < -0.3 is 10.6 Å². The van der Waals surface area contributed by atoms with Crippen LogP contribution in [0.15, 0.2) is 36.8 Å². The summed E-state index contributed by atoms with van der Waals surface area (Å²) >= 11 is 0. The van der Waals surface area contributed by atoms with E-state index in [-0.39, 0.29) is 18.9 Å². The highest BCUT2D eigenvalue weighted by atomic mass is 16.2. The summed E-state index contributed by atoms with van der Waals surface area (Å²) < 4.78 is 1.60. The number of aromatic nitrogens is 3. The zero-order valence-electron chi connectivity index (χ0n) is 12.0. The number of carbonyl (C=O) groups excluding carboxylic acids is 3. The van der Waals surface area contributed by atoms with Crippen molar-refractivity contribution < 1.29 is 14.4 Å². The van der Waals surface area contributed by atoms with Gasteiger partial charge in [0.2, 0.25) is 5.91 Å².